The standard InChI is InChI=1S/C23H26O7S/c1-22(15-31(26,27)18-11-7-4-8-12-18)17-13-19(23(2,25)20(14-17)29-30-22)28-21(24)16-9-5-3-6-10-16/h3-12,17,19-20,25H,13-15H2,1-2H3/t17?,19?,20?,22-,23?/m0/s1. The van der Waals surface area contributed by atoms with Crippen molar-refractivity contribution in [3.8, 4) is 0 Å². The predicted molar refractivity (Wildman–Crippen MR) is 112 cm³/mol. The van der Waals surface area contributed by atoms with Gasteiger partial charge in [0.1, 0.15) is 23.4 Å². The number of rotatable bonds is 5. The highest BCUT2D eigenvalue weighted by Crippen LogP contribution is 2.47. The van der Waals surface area contributed by atoms with Crippen molar-refractivity contribution in [3.05, 3.63) is 66.2 Å². The van der Waals surface area contributed by atoms with E-state index in [1.165, 1.54) is 0 Å². The SMILES string of the molecule is CC1(O)C2CC(CC1OC(=O)c1ccccc1)[C@](C)(CS(=O)(=O)c1ccccc1)OO2. The van der Waals surface area contributed by atoms with E-state index >= 15 is 0 Å². The van der Waals surface area contributed by atoms with Crippen molar-refractivity contribution in [1.82, 2.24) is 0 Å². The number of carbonyl (C=O) groups excluding carboxylic acids is 1. The summed E-state index contributed by atoms with van der Waals surface area (Å²) < 4.78 is 31.6. The summed E-state index contributed by atoms with van der Waals surface area (Å²) in [6.45, 7) is 3.23. The molecule has 1 N–H and O–H groups in total. The van der Waals surface area contributed by atoms with Crippen molar-refractivity contribution in [3.63, 3.8) is 0 Å². The molecule has 1 saturated carbocycles. The lowest BCUT2D eigenvalue weighted by Gasteiger charge is -2.53. The summed E-state index contributed by atoms with van der Waals surface area (Å²) in [5.74, 6) is -1.13. The molecule has 4 rings (SSSR count). The first kappa shape index (κ1) is 22.0. The maximum absolute atomic E-state index is 13.0. The van der Waals surface area contributed by atoms with E-state index in [2.05, 4.69) is 0 Å². The molecule has 0 spiro atoms. The summed E-state index contributed by atoms with van der Waals surface area (Å²) in [7, 11) is -3.64. The van der Waals surface area contributed by atoms with Gasteiger partial charge in [0.2, 0.25) is 0 Å². The topological polar surface area (TPSA) is 99.1 Å². The Kier molecular flexibility index (Phi) is 5.68. The molecule has 0 amide bonds. The van der Waals surface area contributed by atoms with E-state index in [9.17, 15) is 18.3 Å². The van der Waals surface area contributed by atoms with Crippen molar-refractivity contribution in [2.45, 2.75) is 55.0 Å². The van der Waals surface area contributed by atoms with Crippen LogP contribution < -0.4 is 0 Å². The molecule has 31 heavy (non-hydrogen) atoms. The fourth-order valence-corrected chi connectivity index (χ4v) is 6.12. The Morgan fingerprint density at radius 3 is 2.32 bits per heavy atom. The van der Waals surface area contributed by atoms with E-state index in [4.69, 9.17) is 14.5 Å². The highest BCUT2D eigenvalue weighted by atomic mass is 32.2. The predicted octanol–water partition coefficient (Wildman–Crippen LogP) is 2.94. The molecule has 2 bridgehead atoms. The minimum absolute atomic E-state index is 0.205. The third-order valence-electron chi connectivity index (χ3n) is 6.36. The van der Waals surface area contributed by atoms with Crippen LogP contribution in [-0.2, 0) is 24.3 Å². The second-order valence-corrected chi connectivity index (χ2v) is 10.7. The lowest BCUT2D eigenvalue weighted by atomic mass is 9.69. The summed E-state index contributed by atoms with van der Waals surface area (Å²) in [5, 5.41) is 11.0. The molecule has 2 aliphatic rings. The van der Waals surface area contributed by atoms with E-state index in [-0.39, 0.29) is 23.0 Å². The summed E-state index contributed by atoms with van der Waals surface area (Å²) in [4.78, 5) is 23.9. The third kappa shape index (κ3) is 4.25. The molecule has 1 saturated heterocycles. The Labute approximate surface area is 181 Å². The monoisotopic (exact) mass is 446 g/mol. The molecule has 4 unspecified atom stereocenters. The largest absolute Gasteiger partial charge is 0.456 e. The van der Waals surface area contributed by atoms with E-state index < -0.39 is 39.2 Å². The first-order valence-electron chi connectivity index (χ1n) is 10.2. The number of fused-ring (bicyclic) bond motifs is 2. The molecule has 0 radical (unpaired) electrons. The fourth-order valence-electron chi connectivity index (χ4n) is 4.34. The average Bonchev–Trinajstić information content (AvgIpc) is 2.74. The Morgan fingerprint density at radius 1 is 1.06 bits per heavy atom. The van der Waals surface area contributed by atoms with Crippen LogP contribution in [0, 0.1) is 5.92 Å². The number of hydrogen-bond acceptors (Lipinski definition) is 7. The van der Waals surface area contributed by atoms with Gasteiger partial charge >= 0.3 is 5.97 Å². The lowest BCUT2D eigenvalue weighted by molar-refractivity contribution is -0.448. The number of carbonyl (C=O) groups is 1. The number of ether oxygens (including phenoxy) is 1. The van der Waals surface area contributed by atoms with Gasteiger partial charge in [-0.3, -0.25) is 0 Å². The Balaban J connectivity index is 1.55. The number of benzene rings is 2. The molecule has 7 nitrogen and oxygen atoms in total. The van der Waals surface area contributed by atoms with Crippen LogP contribution in [0.15, 0.2) is 65.6 Å². The molecule has 2 aromatic rings. The van der Waals surface area contributed by atoms with Gasteiger partial charge in [-0.15, -0.1) is 0 Å². The summed E-state index contributed by atoms with van der Waals surface area (Å²) >= 11 is 0. The molecule has 166 valence electrons. The van der Waals surface area contributed by atoms with Gasteiger partial charge < -0.3 is 9.84 Å². The van der Waals surface area contributed by atoms with E-state index in [0.29, 0.717) is 12.0 Å². The first-order chi connectivity index (χ1) is 14.6. The first-order valence-corrected chi connectivity index (χ1v) is 11.9. The van der Waals surface area contributed by atoms with E-state index in [1.807, 2.05) is 0 Å². The summed E-state index contributed by atoms with van der Waals surface area (Å²) in [6, 6.07) is 16.7. The molecule has 5 atom stereocenters. The van der Waals surface area contributed by atoms with Gasteiger partial charge in [0.05, 0.1) is 16.2 Å². The quantitative estimate of drug-likeness (QED) is 0.557. The van der Waals surface area contributed by atoms with E-state index in [0.717, 1.165) is 0 Å². The fraction of sp³-hybridized carbons (Fsp3) is 0.435. The molecular formula is C23H26O7S. The molecule has 2 aromatic carbocycles. The van der Waals surface area contributed by atoms with Gasteiger partial charge in [0, 0.05) is 0 Å². The molecule has 1 heterocycles. The molecule has 2 fully saturated rings. The minimum Gasteiger partial charge on any atom is -0.456 e. The van der Waals surface area contributed by atoms with Crippen LogP contribution >= 0.6 is 0 Å². The second kappa shape index (κ2) is 8.02. The van der Waals surface area contributed by atoms with Crippen molar-refractivity contribution in [1.29, 1.82) is 0 Å². The van der Waals surface area contributed by atoms with Gasteiger partial charge in [-0.1, -0.05) is 36.4 Å². The van der Waals surface area contributed by atoms with Crippen molar-refractivity contribution >= 4 is 15.8 Å². The molecule has 0 aromatic heterocycles. The number of aliphatic hydroxyl groups is 1. The van der Waals surface area contributed by atoms with Gasteiger partial charge in [-0.05, 0) is 56.9 Å². The average molecular weight is 447 g/mol. The van der Waals surface area contributed by atoms with Crippen LogP contribution in [0.25, 0.3) is 0 Å². The normalized spacial score (nSPS) is 32.9. The molecule has 1 aliphatic carbocycles. The summed E-state index contributed by atoms with van der Waals surface area (Å²) in [5.41, 5.74) is -2.25. The van der Waals surface area contributed by atoms with Crippen LogP contribution in [0.3, 0.4) is 0 Å². The van der Waals surface area contributed by atoms with E-state index in [1.54, 1.807) is 74.5 Å². The third-order valence-corrected chi connectivity index (χ3v) is 8.30. The van der Waals surface area contributed by atoms with Gasteiger partial charge in [0.25, 0.3) is 0 Å². The van der Waals surface area contributed by atoms with Gasteiger partial charge in [-0.25, -0.2) is 23.0 Å². The van der Waals surface area contributed by atoms with Gasteiger partial charge in [0.15, 0.2) is 9.84 Å². The highest BCUT2D eigenvalue weighted by Gasteiger charge is 2.58. The molecular weight excluding hydrogens is 420 g/mol. The summed E-state index contributed by atoms with van der Waals surface area (Å²) in [6.07, 6.45) is -0.960. The van der Waals surface area contributed by atoms with Crippen molar-refractivity contribution < 1.29 is 32.8 Å². The Hall–Kier alpha value is -2.26. The second-order valence-electron chi connectivity index (χ2n) is 8.71. The van der Waals surface area contributed by atoms with Crippen LogP contribution in [-0.4, -0.2) is 48.7 Å². The van der Waals surface area contributed by atoms with Crippen molar-refractivity contribution in [2.75, 3.05) is 5.75 Å². The van der Waals surface area contributed by atoms with Crippen LogP contribution in [0.5, 0.6) is 0 Å². The molecule has 1 aliphatic heterocycles. The maximum atomic E-state index is 13.0. The Bertz CT molecular complexity index is 1040. The smallest absolute Gasteiger partial charge is 0.338 e. The number of sulfone groups is 1. The van der Waals surface area contributed by atoms with Gasteiger partial charge in [-0.2, -0.15) is 0 Å². The Morgan fingerprint density at radius 2 is 1.68 bits per heavy atom. The zero-order chi connectivity index (χ0) is 22.3. The molecule has 8 heteroatoms. The van der Waals surface area contributed by atoms with Crippen LogP contribution in [0.4, 0.5) is 0 Å². The number of hydrogen-bond donors (Lipinski definition) is 1. The zero-order valence-corrected chi connectivity index (χ0v) is 18.2. The van der Waals surface area contributed by atoms with Crippen molar-refractivity contribution in [2.24, 2.45) is 5.92 Å². The maximum Gasteiger partial charge on any atom is 0.338 e. The lowest BCUT2D eigenvalue weighted by Crippen LogP contribution is -2.64. The highest BCUT2D eigenvalue weighted by molar-refractivity contribution is 7.91. The van der Waals surface area contributed by atoms with Crippen LogP contribution in [0.1, 0.15) is 37.0 Å². The zero-order valence-electron chi connectivity index (χ0n) is 17.4. The minimum atomic E-state index is -3.64. The number of esters is 1. The van der Waals surface area contributed by atoms with Crippen LogP contribution in [0.2, 0.25) is 0 Å².